The molecule has 0 aliphatic rings. The molecule has 14 heavy (non-hydrogen) atoms. The Morgan fingerprint density at radius 3 is 2.57 bits per heavy atom. The first-order chi connectivity index (χ1) is 6.53. The number of nitrogens with two attached hydrogens (primary N) is 1. The monoisotopic (exact) mass is 194 g/mol. The van der Waals surface area contributed by atoms with E-state index in [0.29, 0.717) is 5.82 Å². The molecule has 1 aromatic rings. The number of nitrogens with one attached hydrogen (secondary N) is 1. The highest BCUT2D eigenvalue weighted by atomic mass is 15.1. The lowest BCUT2D eigenvalue weighted by Crippen LogP contribution is -2.30. The molecule has 1 rings (SSSR count). The van der Waals surface area contributed by atoms with Crippen molar-refractivity contribution in [1.29, 1.82) is 0 Å². The first-order valence-corrected chi connectivity index (χ1v) is 4.89. The van der Waals surface area contributed by atoms with Crippen LogP contribution < -0.4 is 11.1 Å². The third kappa shape index (κ3) is 3.20. The van der Waals surface area contributed by atoms with Gasteiger partial charge in [-0.25, -0.2) is 9.97 Å². The van der Waals surface area contributed by atoms with Crippen LogP contribution in [0.4, 0.5) is 11.6 Å². The Bertz CT molecular complexity index is 279. The minimum absolute atomic E-state index is 0.0551. The largest absolute Gasteiger partial charge is 0.382 e. The molecule has 0 aliphatic carbocycles. The molecule has 0 amide bonds. The molecule has 1 aromatic heterocycles. The lowest BCUT2D eigenvalue weighted by molar-refractivity contribution is 0.509. The predicted molar refractivity (Wildman–Crippen MR) is 59.1 cm³/mol. The van der Waals surface area contributed by atoms with Gasteiger partial charge in [-0.1, -0.05) is 13.3 Å². The Balaban J connectivity index is 2.64. The van der Waals surface area contributed by atoms with Crippen LogP contribution in [-0.2, 0) is 0 Å². The van der Waals surface area contributed by atoms with Crippen LogP contribution in [0.2, 0.25) is 0 Å². The Morgan fingerprint density at radius 2 is 2.07 bits per heavy atom. The minimum atomic E-state index is 0.0551. The van der Waals surface area contributed by atoms with Crippen molar-refractivity contribution >= 4 is 11.6 Å². The molecular weight excluding hydrogens is 176 g/mol. The predicted octanol–water partition coefficient (Wildman–Crippen LogP) is 2.05. The van der Waals surface area contributed by atoms with Crippen molar-refractivity contribution in [3.8, 4) is 0 Å². The number of rotatable bonds is 4. The molecule has 0 radical (unpaired) electrons. The summed E-state index contributed by atoms with van der Waals surface area (Å²) in [7, 11) is 0. The van der Waals surface area contributed by atoms with Crippen molar-refractivity contribution in [2.24, 2.45) is 0 Å². The smallest absolute Gasteiger partial charge is 0.145 e. The Morgan fingerprint density at radius 1 is 1.36 bits per heavy atom. The maximum atomic E-state index is 5.45. The van der Waals surface area contributed by atoms with Crippen molar-refractivity contribution < 1.29 is 0 Å². The van der Waals surface area contributed by atoms with Gasteiger partial charge in [0.25, 0.3) is 0 Å². The minimum Gasteiger partial charge on any atom is -0.382 e. The van der Waals surface area contributed by atoms with E-state index in [2.05, 4.69) is 36.1 Å². The first kappa shape index (κ1) is 10.8. The van der Waals surface area contributed by atoms with Gasteiger partial charge < -0.3 is 11.1 Å². The number of hydrogen-bond acceptors (Lipinski definition) is 4. The third-order valence-electron chi connectivity index (χ3n) is 2.01. The summed E-state index contributed by atoms with van der Waals surface area (Å²) >= 11 is 0. The van der Waals surface area contributed by atoms with Crippen LogP contribution in [0, 0.1) is 0 Å². The zero-order chi connectivity index (χ0) is 10.6. The lowest BCUT2D eigenvalue weighted by atomic mass is 9.99. The van der Waals surface area contributed by atoms with Crippen LogP contribution in [0.1, 0.15) is 33.6 Å². The molecule has 0 aliphatic heterocycles. The lowest BCUT2D eigenvalue weighted by Gasteiger charge is -2.26. The van der Waals surface area contributed by atoms with E-state index < -0.39 is 0 Å². The average molecular weight is 194 g/mol. The average Bonchev–Trinajstić information content (AvgIpc) is 2.08. The van der Waals surface area contributed by atoms with Crippen LogP contribution in [0.5, 0.6) is 0 Å². The highest BCUT2D eigenvalue weighted by Gasteiger charge is 2.16. The maximum Gasteiger partial charge on any atom is 0.145 e. The molecule has 0 bridgehead atoms. The highest BCUT2D eigenvalue weighted by molar-refractivity contribution is 5.38. The van der Waals surface area contributed by atoms with Gasteiger partial charge >= 0.3 is 0 Å². The van der Waals surface area contributed by atoms with E-state index in [9.17, 15) is 0 Å². The van der Waals surface area contributed by atoms with Crippen LogP contribution in [-0.4, -0.2) is 15.5 Å². The third-order valence-corrected chi connectivity index (χ3v) is 2.01. The molecule has 0 spiro atoms. The van der Waals surface area contributed by atoms with Gasteiger partial charge in [-0.3, -0.25) is 0 Å². The van der Waals surface area contributed by atoms with E-state index in [4.69, 9.17) is 5.73 Å². The molecule has 3 N–H and O–H groups in total. The van der Waals surface area contributed by atoms with Crippen LogP contribution in [0.25, 0.3) is 0 Å². The van der Waals surface area contributed by atoms with Gasteiger partial charge in [0.15, 0.2) is 0 Å². The number of nitrogen functional groups attached to an aromatic ring is 1. The normalized spacial score (nSPS) is 11.4. The summed E-state index contributed by atoms with van der Waals surface area (Å²) in [5, 5.41) is 3.32. The molecule has 0 atom stereocenters. The summed E-state index contributed by atoms with van der Waals surface area (Å²) in [6.45, 7) is 6.46. The van der Waals surface area contributed by atoms with E-state index in [1.165, 1.54) is 0 Å². The summed E-state index contributed by atoms with van der Waals surface area (Å²) in [6.07, 6.45) is 5.46. The summed E-state index contributed by atoms with van der Waals surface area (Å²) in [4.78, 5) is 8.12. The highest BCUT2D eigenvalue weighted by Crippen LogP contribution is 2.17. The summed E-state index contributed by atoms with van der Waals surface area (Å²) in [5.74, 6) is 1.22. The van der Waals surface area contributed by atoms with Crippen LogP contribution in [0.15, 0.2) is 12.4 Å². The van der Waals surface area contributed by atoms with Crippen molar-refractivity contribution in [2.75, 3.05) is 11.1 Å². The maximum absolute atomic E-state index is 5.45. The zero-order valence-corrected chi connectivity index (χ0v) is 9.04. The van der Waals surface area contributed by atoms with Crippen molar-refractivity contribution in [2.45, 2.75) is 39.2 Å². The second-order valence-electron chi connectivity index (χ2n) is 4.09. The second kappa shape index (κ2) is 4.26. The van der Waals surface area contributed by atoms with Gasteiger partial charge in [-0.05, 0) is 20.3 Å². The number of aromatic nitrogens is 2. The summed E-state index contributed by atoms with van der Waals surface area (Å²) < 4.78 is 0. The van der Waals surface area contributed by atoms with E-state index in [0.717, 1.165) is 18.7 Å². The van der Waals surface area contributed by atoms with Gasteiger partial charge in [0.05, 0.1) is 12.4 Å². The van der Waals surface area contributed by atoms with Crippen LogP contribution >= 0.6 is 0 Å². The van der Waals surface area contributed by atoms with Crippen molar-refractivity contribution in [3.05, 3.63) is 12.4 Å². The van der Waals surface area contributed by atoms with Crippen molar-refractivity contribution in [1.82, 2.24) is 9.97 Å². The molecule has 0 aromatic carbocycles. The fourth-order valence-corrected chi connectivity index (χ4v) is 1.44. The first-order valence-electron chi connectivity index (χ1n) is 4.89. The zero-order valence-electron chi connectivity index (χ0n) is 9.04. The van der Waals surface area contributed by atoms with E-state index in [-0.39, 0.29) is 5.54 Å². The van der Waals surface area contributed by atoms with Gasteiger partial charge in [-0.2, -0.15) is 0 Å². The molecule has 0 unspecified atom stereocenters. The number of nitrogens with zero attached hydrogens (tertiary/aromatic N) is 2. The number of anilines is 2. The SMILES string of the molecule is CCCC(C)(C)Nc1cnc(N)cn1. The van der Waals surface area contributed by atoms with Crippen molar-refractivity contribution in [3.63, 3.8) is 0 Å². The van der Waals surface area contributed by atoms with Gasteiger partial charge in [-0.15, -0.1) is 0 Å². The topological polar surface area (TPSA) is 63.8 Å². The Labute approximate surface area is 85.0 Å². The molecule has 0 saturated heterocycles. The molecule has 1 heterocycles. The summed E-state index contributed by atoms with van der Waals surface area (Å²) in [5.41, 5.74) is 5.50. The molecule has 0 fully saturated rings. The quantitative estimate of drug-likeness (QED) is 0.770. The van der Waals surface area contributed by atoms with E-state index in [1.807, 2.05) is 0 Å². The molecule has 4 heteroatoms. The molecule has 0 saturated carbocycles. The fraction of sp³-hybridized carbons (Fsp3) is 0.600. The summed E-state index contributed by atoms with van der Waals surface area (Å²) in [6, 6.07) is 0. The fourth-order valence-electron chi connectivity index (χ4n) is 1.44. The Hall–Kier alpha value is -1.32. The van der Waals surface area contributed by atoms with Crippen LogP contribution in [0.3, 0.4) is 0 Å². The Kier molecular flexibility index (Phi) is 3.28. The van der Waals surface area contributed by atoms with E-state index >= 15 is 0 Å². The standard InChI is InChI=1S/C10H18N4/c1-4-5-10(2,3)14-9-7-12-8(11)6-13-9/h6-7H,4-5H2,1-3H3,(H2,11,12)(H,13,14). The second-order valence-corrected chi connectivity index (χ2v) is 4.09. The van der Waals surface area contributed by atoms with E-state index in [1.54, 1.807) is 12.4 Å². The van der Waals surface area contributed by atoms with Gasteiger partial charge in [0.1, 0.15) is 11.6 Å². The number of hydrogen-bond donors (Lipinski definition) is 2. The molecule has 78 valence electrons. The van der Waals surface area contributed by atoms with Gasteiger partial charge in [0.2, 0.25) is 0 Å². The molecule has 4 nitrogen and oxygen atoms in total. The molecular formula is C10H18N4. The van der Waals surface area contributed by atoms with Gasteiger partial charge in [0, 0.05) is 5.54 Å².